The van der Waals surface area contributed by atoms with Gasteiger partial charge in [-0.05, 0) is 49.2 Å². The minimum atomic E-state index is -0.388. The van der Waals surface area contributed by atoms with Crippen LogP contribution in [0.1, 0.15) is 44.5 Å². The molecule has 21 heavy (non-hydrogen) atoms. The highest BCUT2D eigenvalue weighted by Gasteiger charge is 2.20. The first-order chi connectivity index (χ1) is 9.89. The van der Waals surface area contributed by atoms with Crippen molar-refractivity contribution < 1.29 is 9.53 Å². The summed E-state index contributed by atoms with van der Waals surface area (Å²) in [4.78, 5) is 16.6. The number of pyridine rings is 1. The molecular formula is C15H24BrN3O2. The number of rotatable bonds is 8. The zero-order valence-electron chi connectivity index (χ0n) is 13.1. The minimum absolute atomic E-state index is 0.157. The van der Waals surface area contributed by atoms with Gasteiger partial charge in [0.2, 0.25) is 0 Å². The van der Waals surface area contributed by atoms with Crippen LogP contribution in [0.15, 0.2) is 16.7 Å². The molecule has 0 aliphatic rings. The van der Waals surface area contributed by atoms with E-state index >= 15 is 0 Å². The van der Waals surface area contributed by atoms with Gasteiger partial charge in [-0.25, -0.2) is 4.98 Å². The van der Waals surface area contributed by atoms with Crippen LogP contribution < -0.4 is 10.6 Å². The molecule has 1 amide bonds. The summed E-state index contributed by atoms with van der Waals surface area (Å²) in [5, 5.41) is 6.07. The molecule has 0 unspecified atom stereocenters. The number of ether oxygens (including phenoxy) is 1. The molecule has 0 aliphatic heterocycles. The van der Waals surface area contributed by atoms with Gasteiger partial charge in [-0.2, -0.15) is 0 Å². The Morgan fingerprint density at radius 1 is 1.43 bits per heavy atom. The van der Waals surface area contributed by atoms with Gasteiger partial charge in [-0.1, -0.05) is 6.92 Å². The number of aromatic nitrogens is 1. The van der Waals surface area contributed by atoms with Crippen LogP contribution in [0, 0.1) is 0 Å². The van der Waals surface area contributed by atoms with Crippen LogP contribution in [0.25, 0.3) is 0 Å². The summed E-state index contributed by atoms with van der Waals surface area (Å²) in [6.45, 7) is 9.74. The molecule has 1 heterocycles. The van der Waals surface area contributed by atoms with E-state index in [4.69, 9.17) is 4.74 Å². The Morgan fingerprint density at radius 2 is 2.14 bits per heavy atom. The Kier molecular flexibility index (Phi) is 7.11. The normalized spacial score (nSPS) is 11.3. The van der Waals surface area contributed by atoms with Gasteiger partial charge in [0.15, 0.2) is 0 Å². The molecule has 5 nitrogen and oxygen atoms in total. The van der Waals surface area contributed by atoms with Crippen LogP contribution in [0.3, 0.4) is 0 Å². The van der Waals surface area contributed by atoms with E-state index in [1.54, 1.807) is 12.3 Å². The van der Waals surface area contributed by atoms with E-state index in [-0.39, 0.29) is 11.5 Å². The summed E-state index contributed by atoms with van der Waals surface area (Å²) in [7, 11) is 0. The summed E-state index contributed by atoms with van der Waals surface area (Å²) in [6.07, 6.45) is 2.65. The molecule has 1 rings (SSSR count). The third-order valence-corrected chi connectivity index (χ3v) is 3.28. The van der Waals surface area contributed by atoms with Crippen LogP contribution in [-0.2, 0) is 4.74 Å². The molecule has 2 N–H and O–H groups in total. The Balaban J connectivity index is 2.78. The lowest BCUT2D eigenvalue weighted by molar-refractivity contribution is -0.00815. The molecule has 0 radical (unpaired) electrons. The molecule has 6 heteroatoms. The Bertz CT molecular complexity index is 478. The fraction of sp³-hybridized carbons (Fsp3) is 0.600. The van der Waals surface area contributed by atoms with Gasteiger partial charge >= 0.3 is 0 Å². The van der Waals surface area contributed by atoms with Crippen LogP contribution in [0.2, 0.25) is 0 Å². The quantitative estimate of drug-likeness (QED) is 0.749. The predicted molar refractivity (Wildman–Crippen MR) is 88.8 cm³/mol. The molecule has 1 aromatic heterocycles. The molecule has 0 saturated carbocycles. The molecule has 118 valence electrons. The number of hydrogen-bond acceptors (Lipinski definition) is 4. The standard InChI is InChI=1S/C15H24BrN3O2/c1-5-7-17-13-12(8-11(16)9-18-13)14(20)19-10-15(3,4)21-6-2/h8-9H,5-7,10H2,1-4H3,(H,17,18)(H,19,20). The molecule has 0 spiro atoms. The molecule has 0 saturated heterocycles. The number of nitrogens with one attached hydrogen (secondary N) is 2. The highest BCUT2D eigenvalue weighted by atomic mass is 79.9. The summed E-state index contributed by atoms with van der Waals surface area (Å²) in [5.41, 5.74) is 0.144. The molecule has 0 aliphatic carbocycles. The number of anilines is 1. The monoisotopic (exact) mass is 357 g/mol. The van der Waals surface area contributed by atoms with Gasteiger partial charge < -0.3 is 15.4 Å². The molecule has 0 fully saturated rings. The van der Waals surface area contributed by atoms with Gasteiger partial charge in [-0.15, -0.1) is 0 Å². The van der Waals surface area contributed by atoms with Crippen LogP contribution in [0.5, 0.6) is 0 Å². The Hall–Kier alpha value is -1.14. The lowest BCUT2D eigenvalue weighted by atomic mass is 10.1. The van der Waals surface area contributed by atoms with Gasteiger partial charge in [0.05, 0.1) is 11.2 Å². The number of carbonyl (C=O) groups is 1. The van der Waals surface area contributed by atoms with E-state index in [1.807, 2.05) is 20.8 Å². The van der Waals surface area contributed by atoms with Gasteiger partial charge in [0, 0.05) is 30.4 Å². The summed E-state index contributed by atoms with van der Waals surface area (Å²) >= 11 is 3.35. The van der Waals surface area contributed by atoms with Gasteiger partial charge in [0.1, 0.15) is 5.82 Å². The van der Waals surface area contributed by atoms with Crippen molar-refractivity contribution in [3.05, 3.63) is 22.3 Å². The largest absolute Gasteiger partial charge is 0.374 e. The van der Waals surface area contributed by atoms with Crippen molar-refractivity contribution >= 4 is 27.7 Å². The summed E-state index contributed by atoms with van der Waals surface area (Å²) < 4.78 is 6.36. The molecular weight excluding hydrogens is 334 g/mol. The van der Waals surface area contributed by atoms with E-state index in [9.17, 15) is 4.79 Å². The van der Waals surface area contributed by atoms with Crippen molar-refractivity contribution in [2.45, 2.75) is 39.7 Å². The first kappa shape index (κ1) is 17.9. The van der Waals surface area contributed by atoms with E-state index in [2.05, 4.69) is 38.5 Å². The van der Waals surface area contributed by atoms with Crippen molar-refractivity contribution in [3.63, 3.8) is 0 Å². The fourth-order valence-corrected chi connectivity index (χ4v) is 2.16. The second-order valence-corrected chi connectivity index (χ2v) is 6.27. The third kappa shape index (κ3) is 6.01. The van der Waals surface area contributed by atoms with Gasteiger partial charge in [0.25, 0.3) is 5.91 Å². The zero-order chi connectivity index (χ0) is 15.9. The van der Waals surface area contributed by atoms with E-state index in [0.29, 0.717) is 24.5 Å². The van der Waals surface area contributed by atoms with Crippen molar-refractivity contribution in [1.29, 1.82) is 0 Å². The average molecular weight is 358 g/mol. The Labute approximate surface area is 135 Å². The van der Waals surface area contributed by atoms with Crippen LogP contribution in [-0.4, -0.2) is 36.2 Å². The maximum Gasteiger partial charge on any atom is 0.255 e. The van der Waals surface area contributed by atoms with E-state index in [0.717, 1.165) is 17.4 Å². The van der Waals surface area contributed by atoms with Crippen molar-refractivity contribution in [3.8, 4) is 0 Å². The molecule has 0 aromatic carbocycles. The lowest BCUT2D eigenvalue weighted by Gasteiger charge is -2.25. The number of hydrogen-bond donors (Lipinski definition) is 2. The van der Waals surface area contributed by atoms with Gasteiger partial charge in [-0.3, -0.25) is 4.79 Å². The molecule has 0 bridgehead atoms. The van der Waals surface area contributed by atoms with E-state index < -0.39 is 0 Å². The first-order valence-electron chi connectivity index (χ1n) is 7.21. The SMILES string of the molecule is CCCNc1ncc(Br)cc1C(=O)NCC(C)(C)OCC. The number of nitrogens with zero attached hydrogens (tertiary/aromatic N) is 1. The number of halogens is 1. The lowest BCUT2D eigenvalue weighted by Crippen LogP contribution is -2.40. The smallest absolute Gasteiger partial charge is 0.255 e. The third-order valence-electron chi connectivity index (χ3n) is 2.85. The summed E-state index contributed by atoms with van der Waals surface area (Å²) in [6, 6.07) is 1.77. The Morgan fingerprint density at radius 3 is 2.76 bits per heavy atom. The second-order valence-electron chi connectivity index (χ2n) is 5.35. The van der Waals surface area contributed by atoms with Crippen molar-refractivity contribution in [1.82, 2.24) is 10.3 Å². The summed E-state index contributed by atoms with van der Waals surface area (Å²) in [5.74, 6) is 0.446. The maximum atomic E-state index is 12.4. The maximum absolute atomic E-state index is 12.4. The first-order valence-corrected chi connectivity index (χ1v) is 8.00. The fourth-order valence-electron chi connectivity index (χ4n) is 1.83. The molecule has 1 aromatic rings. The van der Waals surface area contributed by atoms with E-state index in [1.165, 1.54) is 0 Å². The van der Waals surface area contributed by atoms with Crippen molar-refractivity contribution in [2.24, 2.45) is 0 Å². The number of amides is 1. The predicted octanol–water partition coefficient (Wildman–Crippen LogP) is 3.21. The van der Waals surface area contributed by atoms with Crippen molar-refractivity contribution in [2.75, 3.05) is 25.0 Å². The number of carbonyl (C=O) groups excluding carboxylic acids is 1. The molecule has 0 atom stereocenters. The zero-order valence-corrected chi connectivity index (χ0v) is 14.7. The average Bonchev–Trinajstić information content (AvgIpc) is 2.43. The van der Waals surface area contributed by atoms with Crippen LogP contribution in [0.4, 0.5) is 5.82 Å². The highest BCUT2D eigenvalue weighted by Crippen LogP contribution is 2.18. The highest BCUT2D eigenvalue weighted by molar-refractivity contribution is 9.10. The topological polar surface area (TPSA) is 63.2 Å². The minimum Gasteiger partial charge on any atom is -0.374 e. The van der Waals surface area contributed by atoms with Crippen LogP contribution >= 0.6 is 15.9 Å². The second kappa shape index (κ2) is 8.34.